The van der Waals surface area contributed by atoms with Crippen molar-refractivity contribution in [3.05, 3.63) is 126 Å². The summed E-state index contributed by atoms with van der Waals surface area (Å²) in [7, 11) is 1.69. The molecule has 0 amide bonds. The number of aromatic hydroxyl groups is 1. The van der Waals surface area contributed by atoms with Crippen molar-refractivity contribution in [2.24, 2.45) is 0 Å². The highest BCUT2D eigenvalue weighted by atomic mass is 16.5. The minimum Gasteiger partial charge on any atom is -0.508 e. The van der Waals surface area contributed by atoms with E-state index in [0.29, 0.717) is 6.54 Å². The van der Waals surface area contributed by atoms with Crippen LogP contribution in [0.3, 0.4) is 0 Å². The SMILES string of the molecule is CCCCn1c(-c2ccccc2)nc(-c2ccc(OC)cc2)c1C(Cc1ccccc1)NCc1ccc(O)cc1. The van der Waals surface area contributed by atoms with E-state index in [1.54, 1.807) is 19.2 Å². The van der Waals surface area contributed by atoms with Gasteiger partial charge >= 0.3 is 0 Å². The van der Waals surface area contributed by atoms with Gasteiger partial charge in [0.25, 0.3) is 0 Å². The largest absolute Gasteiger partial charge is 0.508 e. The highest BCUT2D eigenvalue weighted by Crippen LogP contribution is 2.36. The summed E-state index contributed by atoms with van der Waals surface area (Å²) in [4.78, 5) is 5.34. The van der Waals surface area contributed by atoms with Crippen LogP contribution in [0.25, 0.3) is 22.6 Å². The lowest BCUT2D eigenvalue weighted by Crippen LogP contribution is -2.26. The third kappa shape index (κ3) is 6.44. The van der Waals surface area contributed by atoms with Gasteiger partial charge in [0.05, 0.1) is 24.5 Å². The van der Waals surface area contributed by atoms with E-state index in [2.05, 4.69) is 83.5 Å². The highest BCUT2D eigenvalue weighted by molar-refractivity contribution is 5.69. The summed E-state index contributed by atoms with van der Waals surface area (Å²) in [6.45, 7) is 3.78. The maximum Gasteiger partial charge on any atom is 0.140 e. The van der Waals surface area contributed by atoms with Crippen LogP contribution in [0.1, 0.15) is 42.6 Å². The highest BCUT2D eigenvalue weighted by Gasteiger charge is 2.26. The molecular formula is C35H37N3O2. The normalized spacial score (nSPS) is 11.8. The zero-order chi connectivity index (χ0) is 27.7. The van der Waals surface area contributed by atoms with Gasteiger partial charge < -0.3 is 19.7 Å². The summed E-state index contributed by atoms with van der Waals surface area (Å²) in [6, 6.07) is 36.7. The van der Waals surface area contributed by atoms with Crippen LogP contribution in [-0.4, -0.2) is 21.8 Å². The van der Waals surface area contributed by atoms with Gasteiger partial charge in [0.1, 0.15) is 17.3 Å². The minimum absolute atomic E-state index is 0.00452. The van der Waals surface area contributed by atoms with Crippen molar-refractivity contribution >= 4 is 0 Å². The molecule has 40 heavy (non-hydrogen) atoms. The maximum atomic E-state index is 9.80. The molecule has 5 nitrogen and oxygen atoms in total. The molecule has 0 spiro atoms. The first-order valence-corrected chi connectivity index (χ1v) is 14.0. The molecule has 0 fully saturated rings. The van der Waals surface area contributed by atoms with E-state index in [9.17, 15) is 5.11 Å². The summed E-state index contributed by atoms with van der Waals surface area (Å²) < 4.78 is 7.88. The number of phenols is 1. The molecule has 5 heteroatoms. The van der Waals surface area contributed by atoms with Crippen LogP contribution in [0.15, 0.2) is 109 Å². The molecule has 4 aromatic carbocycles. The molecule has 0 aliphatic heterocycles. The molecule has 0 bridgehead atoms. The van der Waals surface area contributed by atoms with Crippen LogP contribution >= 0.6 is 0 Å². The number of phenolic OH excluding ortho intramolecular Hbond substituents is 1. The molecule has 1 heterocycles. The number of aromatic nitrogens is 2. The lowest BCUT2D eigenvalue weighted by molar-refractivity contribution is 0.415. The number of nitrogens with one attached hydrogen (secondary N) is 1. The Balaban J connectivity index is 1.66. The van der Waals surface area contributed by atoms with E-state index in [0.717, 1.165) is 59.8 Å². The predicted molar refractivity (Wildman–Crippen MR) is 162 cm³/mol. The molecule has 1 aromatic heterocycles. The van der Waals surface area contributed by atoms with Gasteiger partial charge in [-0.1, -0.05) is 86.1 Å². The van der Waals surface area contributed by atoms with Gasteiger partial charge in [-0.25, -0.2) is 4.98 Å². The van der Waals surface area contributed by atoms with E-state index in [1.807, 2.05) is 30.3 Å². The van der Waals surface area contributed by atoms with Crippen LogP contribution in [0.4, 0.5) is 0 Å². The topological polar surface area (TPSA) is 59.3 Å². The quantitative estimate of drug-likeness (QED) is 0.172. The van der Waals surface area contributed by atoms with Gasteiger partial charge in [0.2, 0.25) is 0 Å². The van der Waals surface area contributed by atoms with Crippen LogP contribution < -0.4 is 10.1 Å². The number of hydrogen-bond acceptors (Lipinski definition) is 4. The van der Waals surface area contributed by atoms with E-state index in [-0.39, 0.29) is 11.8 Å². The Hall–Kier alpha value is -4.35. The van der Waals surface area contributed by atoms with Gasteiger partial charge in [0.15, 0.2) is 0 Å². The molecule has 0 saturated carbocycles. The van der Waals surface area contributed by atoms with Crippen molar-refractivity contribution in [3.8, 4) is 34.1 Å². The van der Waals surface area contributed by atoms with Crippen LogP contribution in [0.5, 0.6) is 11.5 Å². The lowest BCUT2D eigenvalue weighted by atomic mass is 9.98. The molecule has 5 rings (SSSR count). The summed E-state index contributed by atoms with van der Waals surface area (Å²) in [5, 5.41) is 13.7. The Labute approximate surface area is 237 Å². The number of ether oxygens (including phenoxy) is 1. The molecule has 0 aliphatic rings. The molecule has 1 atom stereocenters. The van der Waals surface area contributed by atoms with Gasteiger partial charge in [0, 0.05) is 24.2 Å². The number of rotatable bonds is 12. The Bertz CT molecular complexity index is 1480. The van der Waals surface area contributed by atoms with Crippen molar-refractivity contribution in [1.82, 2.24) is 14.9 Å². The van der Waals surface area contributed by atoms with Crippen molar-refractivity contribution < 1.29 is 9.84 Å². The Morgan fingerprint density at radius 3 is 2.12 bits per heavy atom. The fraction of sp³-hybridized carbons (Fsp3) is 0.229. The van der Waals surface area contributed by atoms with Crippen LogP contribution in [0.2, 0.25) is 0 Å². The summed E-state index contributed by atoms with van der Waals surface area (Å²) in [6.07, 6.45) is 2.96. The fourth-order valence-electron chi connectivity index (χ4n) is 5.10. The minimum atomic E-state index is -0.00452. The molecule has 0 radical (unpaired) electrons. The van der Waals surface area contributed by atoms with Crippen LogP contribution in [0, 0.1) is 0 Å². The first-order chi connectivity index (χ1) is 19.7. The zero-order valence-corrected chi connectivity index (χ0v) is 23.3. The monoisotopic (exact) mass is 531 g/mol. The Morgan fingerprint density at radius 2 is 1.48 bits per heavy atom. The van der Waals surface area contributed by atoms with Gasteiger partial charge in [-0.2, -0.15) is 0 Å². The number of benzene rings is 4. The number of unbranched alkanes of at least 4 members (excludes halogenated alkanes) is 1. The second-order valence-corrected chi connectivity index (χ2v) is 10.1. The average Bonchev–Trinajstić information content (AvgIpc) is 3.39. The average molecular weight is 532 g/mol. The van der Waals surface area contributed by atoms with Crippen molar-refractivity contribution in [1.29, 1.82) is 0 Å². The standard InChI is InChI=1S/C35H37N3O2/c1-3-4-23-38-34(32(24-26-11-7-5-8-12-26)36-25-27-15-19-30(39)20-16-27)33(28-17-21-31(40-2)22-18-28)37-35(38)29-13-9-6-10-14-29/h5-22,32,36,39H,3-4,23-25H2,1-2H3. The zero-order valence-electron chi connectivity index (χ0n) is 23.3. The van der Waals surface area contributed by atoms with E-state index < -0.39 is 0 Å². The summed E-state index contributed by atoms with van der Waals surface area (Å²) in [5.41, 5.74) is 6.71. The summed E-state index contributed by atoms with van der Waals surface area (Å²) in [5.74, 6) is 2.08. The van der Waals surface area contributed by atoms with Crippen LogP contribution in [-0.2, 0) is 19.5 Å². The lowest BCUT2D eigenvalue weighted by Gasteiger charge is -2.24. The first-order valence-electron chi connectivity index (χ1n) is 14.0. The van der Waals surface area contributed by atoms with Gasteiger partial charge in [-0.15, -0.1) is 0 Å². The summed E-state index contributed by atoms with van der Waals surface area (Å²) >= 11 is 0. The molecule has 0 aliphatic carbocycles. The third-order valence-corrected chi connectivity index (χ3v) is 7.24. The number of hydrogen-bond donors (Lipinski definition) is 2. The van der Waals surface area contributed by atoms with E-state index in [1.165, 1.54) is 11.3 Å². The van der Waals surface area contributed by atoms with Gasteiger partial charge in [-0.3, -0.25) is 0 Å². The molecule has 204 valence electrons. The molecule has 5 aromatic rings. The third-order valence-electron chi connectivity index (χ3n) is 7.24. The second-order valence-electron chi connectivity index (χ2n) is 10.1. The molecule has 0 saturated heterocycles. The van der Waals surface area contributed by atoms with E-state index >= 15 is 0 Å². The molecule has 2 N–H and O–H groups in total. The number of nitrogens with zero attached hydrogens (tertiary/aromatic N) is 2. The maximum absolute atomic E-state index is 9.80. The van der Waals surface area contributed by atoms with Crippen molar-refractivity contribution in [2.45, 2.75) is 45.3 Å². The second kappa shape index (κ2) is 13.1. The predicted octanol–water partition coefficient (Wildman–Crippen LogP) is 7.81. The number of methoxy groups -OCH3 is 1. The molecule has 1 unspecified atom stereocenters. The Morgan fingerprint density at radius 1 is 0.800 bits per heavy atom. The fourth-order valence-corrected chi connectivity index (χ4v) is 5.10. The van der Waals surface area contributed by atoms with Crippen molar-refractivity contribution in [3.63, 3.8) is 0 Å². The first kappa shape index (κ1) is 27.2. The smallest absolute Gasteiger partial charge is 0.140 e. The molecular weight excluding hydrogens is 494 g/mol. The van der Waals surface area contributed by atoms with Gasteiger partial charge in [-0.05, 0) is 60.4 Å². The van der Waals surface area contributed by atoms with E-state index in [4.69, 9.17) is 9.72 Å². The number of imidazole rings is 1. The Kier molecular flexibility index (Phi) is 8.94. The van der Waals surface area contributed by atoms with Crippen molar-refractivity contribution in [2.75, 3.05) is 7.11 Å².